The SMILES string of the molecule is CC(O)[C@H](NC(=O)[C@@H]1CCCN1C(=O)[C@@H]1CCCN1)C(N)=O. The molecule has 0 spiro atoms. The molecule has 0 aromatic rings. The van der Waals surface area contributed by atoms with Crippen LogP contribution in [0, 0.1) is 0 Å². The van der Waals surface area contributed by atoms with E-state index in [4.69, 9.17) is 5.73 Å². The van der Waals surface area contributed by atoms with Gasteiger partial charge in [-0.05, 0) is 39.2 Å². The molecular formula is C14H24N4O4. The Morgan fingerprint density at radius 1 is 1.32 bits per heavy atom. The molecule has 124 valence electrons. The van der Waals surface area contributed by atoms with Crippen molar-refractivity contribution in [3.63, 3.8) is 0 Å². The number of primary amides is 1. The number of likely N-dealkylation sites (tertiary alicyclic amines) is 1. The van der Waals surface area contributed by atoms with Gasteiger partial charge in [0.15, 0.2) is 0 Å². The zero-order valence-electron chi connectivity index (χ0n) is 12.7. The molecule has 2 fully saturated rings. The first-order valence-electron chi connectivity index (χ1n) is 7.73. The van der Waals surface area contributed by atoms with E-state index in [0.29, 0.717) is 13.0 Å². The molecule has 0 aromatic heterocycles. The van der Waals surface area contributed by atoms with E-state index in [0.717, 1.165) is 25.8 Å². The molecule has 5 N–H and O–H groups in total. The minimum atomic E-state index is -1.14. The fourth-order valence-electron chi connectivity index (χ4n) is 3.08. The zero-order chi connectivity index (χ0) is 16.3. The van der Waals surface area contributed by atoms with E-state index in [1.54, 1.807) is 4.90 Å². The van der Waals surface area contributed by atoms with Gasteiger partial charge in [-0.2, -0.15) is 0 Å². The lowest BCUT2D eigenvalue weighted by molar-refractivity contribution is -0.141. The number of aliphatic hydroxyl groups excluding tert-OH is 1. The molecule has 0 aliphatic carbocycles. The summed E-state index contributed by atoms with van der Waals surface area (Å²) in [6, 6.07) is -1.97. The van der Waals surface area contributed by atoms with Gasteiger partial charge in [0.1, 0.15) is 12.1 Å². The standard InChI is InChI=1S/C14H24N4O4/c1-8(19)11(12(15)20)17-13(21)10-5-3-7-18(10)14(22)9-4-2-6-16-9/h8-11,16,19H,2-7H2,1H3,(H2,15,20)(H,17,21)/t8?,9-,10-,11-/m0/s1. The monoisotopic (exact) mass is 312 g/mol. The van der Waals surface area contributed by atoms with E-state index in [-0.39, 0.29) is 11.9 Å². The Kier molecular flexibility index (Phi) is 5.36. The van der Waals surface area contributed by atoms with Crippen LogP contribution in [0.15, 0.2) is 0 Å². The van der Waals surface area contributed by atoms with Crippen molar-refractivity contribution < 1.29 is 19.5 Å². The van der Waals surface area contributed by atoms with Crippen LogP contribution in [0.5, 0.6) is 0 Å². The third-order valence-electron chi connectivity index (χ3n) is 4.28. The fraction of sp³-hybridized carbons (Fsp3) is 0.786. The second kappa shape index (κ2) is 7.06. The van der Waals surface area contributed by atoms with Crippen molar-refractivity contribution in [2.45, 2.75) is 56.8 Å². The average Bonchev–Trinajstić information content (AvgIpc) is 3.13. The van der Waals surface area contributed by atoms with Crippen LogP contribution in [-0.2, 0) is 14.4 Å². The summed E-state index contributed by atoms with van der Waals surface area (Å²) in [6.45, 7) is 2.73. The van der Waals surface area contributed by atoms with E-state index in [1.807, 2.05) is 0 Å². The van der Waals surface area contributed by atoms with E-state index in [1.165, 1.54) is 6.92 Å². The summed E-state index contributed by atoms with van der Waals surface area (Å²) in [4.78, 5) is 37.6. The summed E-state index contributed by atoms with van der Waals surface area (Å²) >= 11 is 0. The first-order valence-corrected chi connectivity index (χ1v) is 7.73. The van der Waals surface area contributed by atoms with E-state index in [9.17, 15) is 19.5 Å². The molecule has 0 radical (unpaired) electrons. The molecule has 2 aliphatic heterocycles. The van der Waals surface area contributed by atoms with Crippen molar-refractivity contribution in [2.24, 2.45) is 5.73 Å². The van der Waals surface area contributed by atoms with Crippen molar-refractivity contribution in [2.75, 3.05) is 13.1 Å². The molecule has 2 saturated heterocycles. The van der Waals surface area contributed by atoms with E-state index >= 15 is 0 Å². The van der Waals surface area contributed by atoms with Gasteiger partial charge in [-0.1, -0.05) is 0 Å². The quantitative estimate of drug-likeness (QED) is 0.471. The molecule has 22 heavy (non-hydrogen) atoms. The Bertz CT molecular complexity index is 448. The van der Waals surface area contributed by atoms with E-state index in [2.05, 4.69) is 10.6 Å². The molecule has 3 amide bonds. The molecular weight excluding hydrogens is 288 g/mol. The normalized spacial score (nSPS) is 27.5. The van der Waals surface area contributed by atoms with Crippen LogP contribution in [0.2, 0.25) is 0 Å². The van der Waals surface area contributed by atoms with Crippen LogP contribution in [0.3, 0.4) is 0 Å². The highest BCUT2D eigenvalue weighted by Crippen LogP contribution is 2.21. The summed E-state index contributed by atoms with van der Waals surface area (Å²) in [5, 5.41) is 15.1. The Morgan fingerprint density at radius 3 is 2.59 bits per heavy atom. The molecule has 0 saturated carbocycles. The molecule has 2 aliphatic rings. The number of nitrogens with zero attached hydrogens (tertiary/aromatic N) is 1. The predicted molar refractivity (Wildman–Crippen MR) is 78.6 cm³/mol. The zero-order valence-corrected chi connectivity index (χ0v) is 12.7. The van der Waals surface area contributed by atoms with Crippen LogP contribution < -0.4 is 16.4 Å². The van der Waals surface area contributed by atoms with Gasteiger partial charge >= 0.3 is 0 Å². The van der Waals surface area contributed by atoms with Gasteiger partial charge in [0.05, 0.1) is 12.1 Å². The number of carbonyl (C=O) groups is 3. The molecule has 2 rings (SSSR count). The van der Waals surface area contributed by atoms with Gasteiger partial charge in [0.25, 0.3) is 0 Å². The lowest BCUT2D eigenvalue weighted by Gasteiger charge is -2.28. The first-order chi connectivity index (χ1) is 10.4. The highest BCUT2D eigenvalue weighted by molar-refractivity contribution is 5.93. The van der Waals surface area contributed by atoms with Crippen LogP contribution in [-0.4, -0.2) is 65.0 Å². The number of hydrogen-bond donors (Lipinski definition) is 4. The van der Waals surface area contributed by atoms with Gasteiger partial charge in [0, 0.05) is 6.54 Å². The number of aliphatic hydroxyl groups is 1. The Hall–Kier alpha value is -1.67. The lowest BCUT2D eigenvalue weighted by atomic mass is 10.1. The Balaban J connectivity index is 2.01. The van der Waals surface area contributed by atoms with Crippen LogP contribution in [0.1, 0.15) is 32.6 Å². The fourth-order valence-corrected chi connectivity index (χ4v) is 3.08. The summed E-state index contributed by atoms with van der Waals surface area (Å²) in [6.07, 6.45) is 1.94. The highest BCUT2D eigenvalue weighted by atomic mass is 16.3. The highest BCUT2D eigenvalue weighted by Gasteiger charge is 2.39. The third kappa shape index (κ3) is 3.56. The smallest absolute Gasteiger partial charge is 0.243 e. The number of nitrogens with one attached hydrogen (secondary N) is 2. The number of rotatable bonds is 5. The summed E-state index contributed by atoms with van der Waals surface area (Å²) in [5.41, 5.74) is 5.17. The largest absolute Gasteiger partial charge is 0.391 e. The molecule has 8 nitrogen and oxygen atoms in total. The van der Waals surface area contributed by atoms with Crippen molar-refractivity contribution >= 4 is 17.7 Å². The molecule has 2 heterocycles. The van der Waals surface area contributed by atoms with Gasteiger partial charge in [-0.15, -0.1) is 0 Å². The van der Waals surface area contributed by atoms with Gasteiger partial charge in [0.2, 0.25) is 17.7 Å². The van der Waals surface area contributed by atoms with Crippen LogP contribution in [0.4, 0.5) is 0 Å². The summed E-state index contributed by atoms with van der Waals surface area (Å²) < 4.78 is 0. The molecule has 8 heteroatoms. The molecule has 1 unspecified atom stereocenters. The maximum Gasteiger partial charge on any atom is 0.243 e. The number of nitrogens with two attached hydrogens (primary N) is 1. The van der Waals surface area contributed by atoms with Crippen molar-refractivity contribution in [3.8, 4) is 0 Å². The summed E-state index contributed by atoms with van der Waals surface area (Å²) in [7, 11) is 0. The van der Waals surface area contributed by atoms with Crippen molar-refractivity contribution in [3.05, 3.63) is 0 Å². The Labute approximate surface area is 129 Å². The number of carbonyl (C=O) groups excluding carboxylic acids is 3. The van der Waals surface area contributed by atoms with Crippen molar-refractivity contribution in [1.82, 2.24) is 15.5 Å². The van der Waals surface area contributed by atoms with Gasteiger partial charge < -0.3 is 26.4 Å². The van der Waals surface area contributed by atoms with Crippen molar-refractivity contribution in [1.29, 1.82) is 0 Å². The van der Waals surface area contributed by atoms with Crippen LogP contribution >= 0.6 is 0 Å². The molecule has 4 atom stereocenters. The second-order valence-electron chi connectivity index (χ2n) is 5.97. The predicted octanol–water partition coefficient (Wildman–Crippen LogP) is -1.92. The molecule has 0 bridgehead atoms. The van der Waals surface area contributed by atoms with Gasteiger partial charge in [-0.3, -0.25) is 14.4 Å². The number of hydrogen-bond acceptors (Lipinski definition) is 5. The average molecular weight is 312 g/mol. The molecule has 0 aromatic carbocycles. The third-order valence-corrected chi connectivity index (χ3v) is 4.28. The summed E-state index contributed by atoms with van der Waals surface area (Å²) in [5.74, 6) is -1.30. The maximum absolute atomic E-state index is 12.5. The topological polar surface area (TPSA) is 125 Å². The van der Waals surface area contributed by atoms with Crippen LogP contribution in [0.25, 0.3) is 0 Å². The maximum atomic E-state index is 12.5. The minimum absolute atomic E-state index is 0.0668. The minimum Gasteiger partial charge on any atom is -0.391 e. The van der Waals surface area contributed by atoms with Gasteiger partial charge in [-0.25, -0.2) is 0 Å². The Morgan fingerprint density at radius 2 is 2.05 bits per heavy atom. The van der Waals surface area contributed by atoms with E-state index < -0.39 is 30.0 Å². The lowest BCUT2D eigenvalue weighted by Crippen LogP contribution is -2.57. The second-order valence-corrected chi connectivity index (χ2v) is 5.97. The number of amides is 3. The first kappa shape index (κ1) is 16.7.